The van der Waals surface area contributed by atoms with Crippen LogP contribution in [0.2, 0.25) is 0 Å². The molecule has 1 fully saturated rings. The van der Waals surface area contributed by atoms with Gasteiger partial charge in [0.05, 0.1) is 7.11 Å². The van der Waals surface area contributed by atoms with Crippen LogP contribution in [0.4, 0.5) is 8.78 Å². The Hall–Kier alpha value is -2.03. The van der Waals surface area contributed by atoms with E-state index in [1.165, 1.54) is 4.31 Å². The van der Waals surface area contributed by atoms with Gasteiger partial charge in [0.2, 0.25) is 10.0 Å². The van der Waals surface area contributed by atoms with Crippen molar-refractivity contribution in [2.24, 2.45) is 0 Å². The topological polar surface area (TPSA) is 49.9 Å². The molecule has 1 aliphatic rings. The van der Waals surface area contributed by atoms with Gasteiger partial charge in [-0.05, 0) is 42.8 Å². The fourth-order valence-corrected chi connectivity index (χ4v) is 4.67. The van der Waals surface area contributed by atoms with Crippen molar-refractivity contribution < 1.29 is 21.9 Å². The van der Waals surface area contributed by atoms with E-state index in [0.29, 0.717) is 32.1 Å². The standard InChI is InChI=1S/C19H22F2N2O3S/c1-26-17-6-3-15(4-7-17)14-22-9-2-10-23(12-11-22)27(24,25)19-8-5-16(20)13-18(19)21/h3-8,13H,2,9-12,14H2,1H3. The molecule has 0 atom stereocenters. The van der Waals surface area contributed by atoms with Gasteiger partial charge in [-0.2, -0.15) is 4.31 Å². The molecule has 5 nitrogen and oxygen atoms in total. The van der Waals surface area contributed by atoms with Gasteiger partial charge < -0.3 is 4.74 Å². The summed E-state index contributed by atoms with van der Waals surface area (Å²) in [5, 5.41) is 0. The molecule has 3 rings (SSSR count). The molecule has 0 aromatic heterocycles. The Kier molecular flexibility index (Phi) is 6.08. The van der Waals surface area contributed by atoms with Gasteiger partial charge in [0, 0.05) is 32.2 Å². The number of methoxy groups -OCH3 is 1. The van der Waals surface area contributed by atoms with Crippen molar-refractivity contribution in [3.8, 4) is 5.75 Å². The largest absolute Gasteiger partial charge is 0.497 e. The molecule has 2 aromatic carbocycles. The number of hydrogen-bond donors (Lipinski definition) is 0. The second-order valence-electron chi connectivity index (χ2n) is 6.46. The van der Waals surface area contributed by atoms with E-state index >= 15 is 0 Å². The summed E-state index contributed by atoms with van der Waals surface area (Å²) < 4.78 is 58.9. The van der Waals surface area contributed by atoms with Crippen molar-refractivity contribution in [2.45, 2.75) is 17.9 Å². The van der Waals surface area contributed by atoms with Gasteiger partial charge >= 0.3 is 0 Å². The maximum Gasteiger partial charge on any atom is 0.246 e. The number of nitrogens with zero attached hydrogens (tertiary/aromatic N) is 2. The highest BCUT2D eigenvalue weighted by molar-refractivity contribution is 7.89. The van der Waals surface area contributed by atoms with Gasteiger partial charge in [-0.25, -0.2) is 17.2 Å². The van der Waals surface area contributed by atoms with E-state index in [0.717, 1.165) is 30.0 Å². The van der Waals surface area contributed by atoms with Crippen LogP contribution in [0.15, 0.2) is 47.4 Å². The average molecular weight is 396 g/mol. The first-order valence-electron chi connectivity index (χ1n) is 8.70. The highest BCUT2D eigenvalue weighted by Crippen LogP contribution is 2.22. The third kappa shape index (κ3) is 4.63. The van der Waals surface area contributed by atoms with E-state index in [1.54, 1.807) is 7.11 Å². The molecule has 1 saturated heterocycles. The van der Waals surface area contributed by atoms with Crippen molar-refractivity contribution in [2.75, 3.05) is 33.3 Å². The van der Waals surface area contributed by atoms with Gasteiger partial charge in [0.25, 0.3) is 0 Å². The Balaban J connectivity index is 1.68. The monoisotopic (exact) mass is 396 g/mol. The minimum atomic E-state index is -3.99. The third-order valence-electron chi connectivity index (χ3n) is 4.62. The summed E-state index contributed by atoms with van der Waals surface area (Å²) >= 11 is 0. The van der Waals surface area contributed by atoms with Crippen LogP contribution in [-0.2, 0) is 16.6 Å². The SMILES string of the molecule is COc1ccc(CN2CCCN(S(=O)(=O)c3ccc(F)cc3F)CC2)cc1. The molecule has 27 heavy (non-hydrogen) atoms. The van der Waals surface area contributed by atoms with E-state index in [4.69, 9.17) is 4.74 Å². The first-order chi connectivity index (χ1) is 12.9. The lowest BCUT2D eigenvalue weighted by molar-refractivity contribution is 0.278. The van der Waals surface area contributed by atoms with Crippen LogP contribution in [0.3, 0.4) is 0 Å². The molecular weight excluding hydrogens is 374 g/mol. The van der Waals surface area contributed by atoms with E-state index in [2.05, 4.69) is 4.90 Å². The fourth-order valence-electron chi connectivity index (χ4n) is 3.16. The van der Waals surface area contributed by atoms with Gasteiger partial charge in [-0.1, -0.05) is 12.1 Å². The molecule has 0 aliphatic carbocycles. The lowest BCUT2D eigenvalue weighted by Gasteiger charge is -2.22. The van der Waals surface area contributed by atoms with Gasteiger partial charge in [-0.3, -0.25) is 4.90 Å². The Labute approximate surface area is 158 Å². The minimum absolute atomic E-state index is 0.259. The van der Waals surface area contributed by atoms with Crippen LogP contribution >= 0.6 is 0 Å². The zero-order valence-corrected chi connectivity index (χ0v) is 15.9. The second-order valence-corrected chi connectivity index (χ2v) is 8.36. The van der Waals surface area contributed by atoms with Crippen LogP contribution in [0, 0.1) is 11.6 Å². The number of sulfonamides is 1. The van der Waals surface area contributed by atoms with Crippen LogP contribution in [-0.4, -0.2) is 50.9 Å². The van der Waals surface area contributed by atoms with Crippen molar-refractivity contribution in [1.82, 2.24) is 9.21 Å². The summed E-state index contributed by atoms with van der Waals surface area (Å²) in [7, 11) is -2.38. The van der Waals surface area contributed by atoms with E-state index in [1.807, 2.05) is 24.3 Å². The Bertz CT molecular complexity index is 888. The summed E-state index contributed by atoms with van der Waals surface area (Å²) in [4.78, 5) is 1.69. The molecule has 146 valence electrons. The van der Waals surface area contributed by atoms with Crippen LogP contribution in [0.5, 0.6) is 5.75 Å². The minimum Gasteiger partial charge on any atom is -0.497 e. The summed E-state index contributed by atoms with van der Waals surface area (Å²) in [6.07, 6.45) is 0.637. The molecule has 0 radical (unpaired) electrons. The molecular formula is C19H22F2N2O3S. The molecule has 0 bridgehead atoms. The van der Waals surface area contributed by atoms with Crippen LogP contribution in [0.25, 0.3) is 0 Å². The number of ether oxygens (including phenoxy) is 1. The Morgan fingerprint density at radius 3 is 2.41 bits per heavy atom. The summed E-state index contributed by atoms with van der Waals surface area (Å²) in [5.41, 5.74) is 1.11. The predicted octanol–water partition coefficient (Wildman–Crippen LogP) is 2.87. The maximum atomic E-state index is 14.0. The maximum absolute atomic E-state index is 14.0. The molecule has 0 saturated carbocycles. The summed E-state index contributed by atoms with van der Waals surface area (Å²) in [6, 6.07) is 10.3. The molecule has 8 heteroatoms. The molecule has 0 amide bonds. The normalized spacial score (nSPS) is 16.9. The van der Waals surface area contributed by atoms with Crippen LogP contribution in [0.1, 0.15) is 12.0 Å². The van der Waals surface area contributed by atoms with Crippen molar-refractivity contribution >= 4 is 10.0 Å². The molecule has 0 spiro atoms. The summed E-state index contributed by atoms with van der Waals surface area (Å²) in [5.74, 6) is -1.07. The van der Waals surface area contributed by atoms with Gasteiger partial charge in [0.1, 0.15) is 22.3 Å². The lowest BCUT2D eigenvalue weighted by atomic mass is 10.2. The fraction of sp³-hybridized carbons (Fsp3) is 0.368. The molecule has 1 heterocycles. The van der Waals surface area contributed by atoms with E-state index < -0.39 is 26.6 Å². The first kappa shape index (κ1) is 19.7. The highest BCUT2D eigenvalue weighted by Gasteiger charge is 2.29. The number of hydrogen-bond acceptors (Lipinski definition) is 4. The average Bonchev–Trinajstić information content (AvgIpc) is 2.88. The molecule has 0 unspecified atom stereocenters. The molecule has 1 aliphatic heterocycles. The third-order valence-corrected chi connectivity index (χ3v) is 6.56. The number of halogens is 2. The van der Waals surface area contributed by atoms with Crippen molar-refractivity contribution in [1.29, 1.82) is 0 Å². The summed E-state index contributed by atoms with van der Waals surface area (Å²) in [6.45, 7) is 2.54. The van der Waals surface area contributed by atoms with Crippen molar-refractivity contribution in [3.63, 3.8) is 0 Å². The zero-order valence-electron chi connectivity index (χ0n) is 15.1. The van der Waals surface area contributed by atoms with Crippen LogP contribution < -0.4 is 4.74 Å². The Morgan fingerprint density at radius 1 is 1.00 bits per heavy atom. The van der Waals surface area contributed by atoms with Gasteiger partial charge in [-0.15, -0.1) is 0 Å². The van der Waals surface area contributed by atoms with Gasteiger partial charge in [0.15, 0.2) is 0 Å². The first-order valence-corrected chi connectivity index (χ1v) is 10.1. The second kappa shape index (κ2) is 8.33. The number of rotatable bonds is 5. The van der Waals surface area contributed by atoms with Crippen molar-refractivity contribution in [3.05, 3.63) is 59.7 Å². The molecule has 2 aromatic rings. The zero-order chi connectivity index (χ0) is 19.4. The molecule has 0 N–H and O–H groups in total. The smallest absolute Gasteiger partial charge is 0.246 e. The lowest BCUT2D eigenvalue weighted by Crippen LogP contribution is -2.35. The number of benzene rings is 2. The highest BCUT2D eigenvalue weighted by atomic mass is 32.2. The van der Waals surface area contributed by atoms with E-state index in [-0.39, 0.29) is 6.54 Å². The van der Waals surface area contributed by atoms with E-state index in [9.17, 15) is 17.2 Å². The Morgan fingerprint density at radius 2 is 1.74 bits per heavy atom. The quantitative estimate of drug-likeness (QED) is 0.780. The predicted molar refractivity (Wildman–Crippen MR) is 98.0 cm³/mol.